The smallest absolute Gasteiger partial charge is 0.389 e. The molecule has 0 aliphatic heterocycles. The molecule has 2 rings (SSSR count). The number of hydrogen-bond donors (Lipinski definition) is 1. The summed E-state index contributed by atoms with van der Waals surface area (Å²) >= 11 is 0. The second-order valence-electron chi connectivity index (χ2n) is 5.38. The van der Waals surface area contributed by atoms with Crippen LogP contribution < -0.4 is 0 Å². The third-order valence-corrected chi connectivity index (χ3v) is 3.81. The van der Waals surface area contributed by atoms with Crippen molar-refractivity contribution in [3.8, 4) is 0 Å². The van der Waals surface area contributed by atoms with Crippen molar-refractivity contribution in [1.82, 2.24) is 9.78 Å². The number of carbonyl (C=O) groups is 1. The molecule has 1 N–H and O–H groups in total. The van der Waals surface area contributed by atoms with E-state index in [2.05, 4.69) is 5.10 Å². The third-order valence-electron chi connectivity index (χ3n) is 3.81. The number of nitro groups is 1. The Kier molecular flexibility index (Phi) is 4.56. The van der Waals surface area contributed by atoms with Crippen LogP contribution in [0, 0.1) is 16.0 Å². The maximum atomic E-state index is 11.6. The van der Waals surface area contributed by atoms with Crippen LogP contribution in [0.25, 0.3) is 0 Å². The van der Waals surface area contributed by atoms with Gasteiger partial charge in [0.05, 0.1) is 42.0 Å². The predicted octanol–water partition coefficient (Wildman–Crippen LogP) is 1.28. The van der Waals surface area contributed by atoms with Crippen LogP contribution in [0.1, 0.15) is 32.6 Å². The van der Waals surface area contributed by atoms with Crippen molar-refractivity contribution >= 4 is 11.8 Å². The highest BCUT2D eigenvalue weighted by Gasteiger charge is 2.37. The second kappa shape index (κ2) is 6.21. The van der Waals surface area contributed by atoms with E-state index in [4.69, 9.17) is 4.74 Å². The number of aliphatic hydroxyl groups is 1. The Morgan fingerprint density at radius 2 is 2.29 bits per heavy atom. The fraction of sp³-hybridized carbons (Fsp3) is 0.692. The molecule has 1 aliphatic rings. The SMILES string of the molecule is CCOC(=O)C1CCC(O)(Cn2ccc([N+](=O)[O-])n2)CC1. The average molecular weight is 297 g/mol. The summed E-state index contributed by atoms with van der Waals surface area (Å²) in [5.41, 5.74) is -0.983. The zero-order valence-corrected chi connectivity index (χ0v) is 11.9. The van der Waals surface area contributed by atoms with Gasteiger partial charge in [-0.15, -0.1) is 0 Å². The van der Waals surface area contributed by atoms with Crippen LogP contribution in [0.5, 0.6) is 0 Å². The first-order chi connectivity index (χ1) is 9.93. The highest BCUT2D eigenvalue weighted by atomic mass is 16.6. The van der Waals surface area contributed by atoms with Gasteiger partial charge in [0.2, 0.25) is 0 Å². The van der Waals surface area contributed by atoms with Gasteiger partial charge in [-0.1, -0.05) is 0 Å². The van der Waals surface area contributed by atoms with Crippen molar-refractivity contribution in [1.29, 1.82) is 0 Å². The molecule has 0 spiro atoms. The zero-order valence-electron chi connectivity index (χ0n) is 11.9. The summed E-state index contributed by atoms with van der Waals surface area (Å²) in [6, 6.07) is 1.30. The van der Waals surface area contributed by atoms with Crippen molar-refractivity contribution < 1.29 is 19.6 Å². The lowest BCUT2D eigenvalue weighted by Crippen LogP contribution is -2.40. The van der Waals surface area contributed by atoms with Crippen molar-refractivity contribution in [2.24, 2.45) is 5.92 Å². The van der Waals surface area contributed by atoms with Crippen LogP contribution >= 0.6 is 0 Å². The second-order valence-corrected chi connectivity index (χ2v) is 5.38. The number of carbonyl (C=O) groups excluding carboxylic acids is 1. The average Bonchev–Trinajstić information content (AvgIpc) is 2.88. The van der Waals surface area contributed by atoms with Gasteiger partial charge in [0.25, 0.3) is 0 Å². The maximum absolute atomic E-state index is 11.6. The summed E-state index contributed by atoms with van der Waals surface area (Å²) < 4.78 is 6.36. The molecule has 8 nitrogen and oxygen atoms in total. The van der Waals surface area contributed by atoms with Crippen molar-refractivity contribution in [2.75, 3.05) is 6.61 Å². The van der Waals surface area contributed by atoms with E-state index >= 15 is 0 Å². The Bertz CT molecular complexity index is 520. The number of esters is 1. The minimum Gasteiger partial charge on any atom is -0.466 e. The molecule has 116 valence electrons. The van der Waals surface area contributed by atoms with E-state index in [1.54, 1.807) is 6.92 Å². The quantitative estimate of drug-likeness (QED) is 0.498. The maximum Gasteiger partial charge on any atom is 0.389 e. The summed E-state index contributed by atoms with van der Waals surface area (Å²) in [6.07, 6.45) is 3.49. The van der Waals surface area contributed by atoms with Crippen LogP contribution in [-0.2, 0) is 16.1 Å². The fourth-order valence-electron chi connectivity index (χ4n) is 2.65. The normalized spacial score (nSPS) is 25.5. The van der Waals surface area contributed by atoms with Gasteiger partial charge >= 0.3 is 11.8 Å². The molecule has 1 fully saturated rings. The summed E-state index contributed by atoms with van der Waals surface area (Å²) in [7, 11) is 0. The lowest BCUT2D eigenvalue weighted by molar-refractivity contribution is -0.389. The molecule has 1 aromatic heterocycles. The fourth-order valence-corrected chi connectivity index (χ4v) is 2.65. The minimum absolute atomic E-state index is 0.169. The van der Waals surface area contributed by atoms with Crippen LogP contribution in [0.15, 0.2) is 12.3 Å². The van der Waals surface area contributed by atoms with Gasteiger partial charge in [-0.3, -0.25) is 4.79 Å². The molecule has 0 atom stereocenters. The minimum atomic E-state index is -0.983. The number of nitrogens with zero attached hydrogens (tertiary/aromatic N) is 3. The Morgan fingerprint density at radius 3 is 2.81 bits per heavy atom. The molecule has 0 amide bonds. The van der Waals surface area contributed by atoms with Gasteiger partial charge in [-0.05, 0) is 37.5 Å². The summed E-state index contributed by atoms with van der Waals surface area (Å²) in [6.45, 7) is 2.31. The van der Waals surface area contributed by atoms with Crippen molar-refractivity contribution in [3.63, 3.8) is 0 Å². The molecule has 21 heavy (non-hydrogen) atoms. The lowest BCUT2D eigenvalue weighted by Gasteiger charge is -2.34. The van der Waals surface area contributed by atoms with E-state index < -0.39 is 10.5 Å². The van der Waals surface area contributed by atoms with Gasteiger partial charge in [0.15, 0.2) is 0 Å². The summed E-state index contributed by atoms with van der Waals surface area (Å²) in [4.78, 5) is 21.7. The molecular weight excluding hydrogens is 278 g/mol. The predicted molar refractivity (Wildman–Crippen MR) is 72.4 cm³/mol. The first-order valence-corrected chi connectivity index (χ1v) is 7.00. The largest absolute Gasteiger partial charge is 0.466 e. The molecule has 8 heteroatoms. The van der Waals surface area contributed by atoms with Crippen molar-refractivity contribution in [3.05, 3.63) is 22.4 Å². The molecule has 1 heterocycles. The van der Waals surface area contributed by atoms with E-state index in [9.17, 15) is 20.0 Å². The van der Waals surface area contributed by atoms with E-state index in [1.807, 2.05) is 0 Å². The van der Waals surface area contributed by atoms with E-state index in [0.29, 0.717) is 32.3 Å². The van der Waals surface area contributed by atoms with Crippen molar-refractivity contribution in [2.45, 2.75) is 44.8 Å². The highest BCUT2D eigenvalue weighted by Crippen LogP contribution is 2.34. The Morgan fingerprint density at radius 1 is 1.62 bits per heavy atom. The van der Waals surface area contributed by atoms with Crippen LogP contribution in [0.4, 0.5) is 5.82 Å². The molecule has 0 radical (unpaired) electrons. The topological polar surface area (TPSA) is 107 Å². The van der Waals surface area contributed by atoms with Gasteiger partial charge in [0, 0.05) is 0 Å². The standard InChI is InChI=1S/C13H19N3O5/c1-2-21-12(17)10-3-6-13(18,7-4-10)9-15-8-5-11(14-15)16(19)20/h5,8,10,18H,2-4,6-7,9H2,1H3. The molecule has 0 aromatic carbocycles. The Balaban J connectivity index is 1.92. The molecule has 0 unspecified atom stereocenters. The summed E-state index contributed by atoms with van der Waals surface area (Å²) in [5, 5.41) is 24.9. The molecule has 1 aromatic rings. The highest BCUT2D eigenvalue weighted by molar-refractivity contribution is 5.72. The first-order valence-electron chi connectivity index (χ1n) is 7.00. The van der Waals surface area contributed by atoms with Gasteiger partial charge < -0.3 is 20.0 Å². The van der Waals surface area contributed by atoms with Gasteiger partial charge in [0.1, 0.15) is 0 Å². The molecule has 1 aliphatic carbocycles. The third kappa shape index (κ3) is 3.78. The zero-order chi connectivity index (χ0) is 15.5. The Hall–Kier alpha value is -1.96. The van der Waals surface area contributed by atoms with Crippen LogP contribution in [-0.4, -0.2) is 38.0 Å². The van der Waals surface area contributed by atoms with Crippen LogP contribution in [0.2, 0.25) is 0 Å². The number of ether oxygens (including phenoxy) is 1. The number of rotatable bonds is 5. The van der Waals surface area contributed by atoms with Gasteiger partial charge in [-0.2, -0.15) is 4.68 Å². The van der Waals surface area contributed by atoms with E-state index in [1.165, 1.54) is 16.9 Å². The summed E-state index contributed by atoms with van der Waals surface area (Å²) in [5.74, 6) is -0.620. The lowest BCUT2D eigenvalue weighted by atomic mass is 9.79. The number of hydrogen-bond acceptors (Lipinski definition) is 6. The Labute approximate surface area is 121 Å². The molecule has 0 bridgehead atoms. The molecular formula is C13H19N3O5. The van der Waals surface area contributed by atoms with E-state index in [-0.39, 0.29) is 24.2 Å². The first kappa shape index (κ1) is 15.4. The van der Waals surface area contributed by atoms with Gasteiger partial charge in [-0.25, -0.2) is 0 Å². The number of aromatic nitrogens is 2. The monoisotopic (exact) mass is 297 g/mol. The molecule has 0 saturated heterocycles. The molecule has 1 saturated carbocycles. The van der Waals surface area contributed by atoms with E-state index in [0.717, 1.165) is 0 Å². The van der Waals surface area contributed by atoms with Crippen LogP contribution in [0.3, 0.4) is 0 Å².